The molecule has 4 heteroatoms. The van der Waals surface area contributed by atoms with Gasteiger partial charge in [-0.1, -0.05) is 18.2 Å². The van der Waals surface area contributed by atoms with Gasteiger partial charge in [-0.05, 0) is 23.3 Å². The van der Waals surface area contributed by atoms with Gasteiger partial charge in [-0.25, -0.2) is 13.2 Å². The maximum Gasteiger partial charge on any atom is 0.161 e. The lowest BCUT2D eigenvalue weighted by Crippen LogP contribution is -1.97. The van der Waals surface area contributed by atoms with Crippen molar-refractivity contribution in [1.29, 1.82) is 0 Å². The summed E-state index contributed by atoms with van der Waals surface area (Å²) in [7, 11) is 0. The van der Waals surface area contributed by atoms with Crippen LogP contribution in [0.4, 0.5) is 13.2 Å². The van der Waals surface area contributed by atoms with Gasteiger partial charge in [0.1, 0.15) is 5.82 Å². The first-order valence-corrected chi connectivity index (χ1v) is 5.05. The highest BCUT2D eigenvalue weighted by molar-refractivity contribution is 5.65. The fourth-order valence-corrected chi connectivity index (χ4v) is 1.61. The predicted octanol–water partition coefficient (Wildman–Crippen LogP) is 3.23. The minimum Gasteiger partial charge on any atom is -0.326 e. The maximum atomic E-state index is 13.5. The first-order chi connectivity index (χ1) is 8.11. The lowest BCUT2D eigenvalue weighted by Gasteiger charge is -2.06. The van der Waals surface area contributed by atoms with E-state index in [1.54, 1.807) is 24.3 Å². The van der Waals surface area contributed by atoms with Crippen LogP contribution >= 0.6 is 0 Å². The monoisotopic (exact) mass is 237 g/mol. The Hall–Kier alpha value is -1.81. The van der Waals surface area contributed by atoms with Crippen molar-refractivity contribution in [3.63, 3.8) is 0 Å². The number of rotatable bonds is 2. The Labute approximate surface area is 96.7 Å². The molecule has 0 spiro atoms. The van der Waals surface area contributed by atoms with E-state index in [1.807, 2.05) is 0 Å². The van der Waals surface area contributed by atoms with Crippen molar-refractivity contribution in [2.45, 2.75) is 6.54 Å². The smallest absolute Gasteiger partial charge is 0.161 e. The molecule has 2 aromatic rings. The standard InChI is InChI=1S/C13H10F3N/c14-11-6-13(16)12(15)5-10(11)9-3-1-2-8(4-9)7-17/h1-6H,7,17H2. The molecule has 17 heavy (non-hydrogen) atoms. The molecule has 0 aliphatic heterocycles. The van der Waals surface area contributed by atoms with Crippen molar-refractivity contribution >= 4 is 0 Å². The highest BCUT2D eigenvalue weighted by atomic mass is 19.2. The van der Waals surface area contributed by atoms with E-state index in [4.69, 9.17) is 5.73 Å². The molecule has 88 valence electrons. The van der Waals surface area contributed by atoms with Gasteiger partial charge in [-0.3, -0.25) is 0 Å². The van der Waals surface area contributed by atoms with E-state index < -0.39 is 17.5 Å². The number of halogens is 3. The number of hydrogen-bond donors (Lipinski definition) is 1. The van der Waals surface area contributed by atoms with Gasteiger partial charge in [-0.2, -0.15) is 0 Å². The lowest BCUT2D eigenvalue weighted by atomic mass is 10.0. The second kappa shape index (κ2) is 4.59. The Morgan fingerprint density at radius 3 is 2.29 bits per heavy atom. The van der Waals surface area contributed by atoms with E-state index in [1.165, 1.54) is 0 Å². The van der Waals surface area contributed by atoms with Crippen LogP contribution in [0.5, 0.6) is 0 Å². The Morgan fingerprint density at radius 1 is 0.882 bits per heavy atom. The second-order valence-electron chi connectivity index (χ2n) is 3.65. The van der Waals surface area contributed by atoms with Crippen LogP contribution in [0.2, 0.25) is 0 Å². The molecule has 0 atom stereocenters. The molecule has 0 unspecified atom stereocenters. The van der Waals surface area contributed by atoms with Crippen molar-refractivity contribution in [2.24, 2.45) is 5.73 Å². The first kappa shape index (κ1) is 11.7. The summed E-state index contributed by atoms with van der Waals surface area (Å²) >= 11 is 0. The molecule has 0 amide bonds. The zero-order valence-corrected chi connectivity index (χ0v) is 8.88. The van der Waals surface area contributed by atoms with Crippen molar-refractivity contribution in [3.8, 4) is 11.1 Å². The minimum atomic E-state index is -1.19. The molecule has 2 N–H and O–H groups in total. The summed E-state index contributed by atoms with van der Waals surface area (Å²) in [6.45, 7) is 0.305. The Morgan fingerprint density at radius 2 is 1.59 bits per heavy atom. The van der Waals surface area contributed by atoms with Crippen molar-refractivity contribution in [1.82, 2.24) is 0 Å². The Kier molecular flexibility index (Phi) is 3.15. The minimum absolute atomic E-state index is 0.0270. The fourth-order valence-electron chi connectivity index (χ4n) is 1.61. The third-order valence-corrected chi connectivity index (χ3v) is 2.48. The Bertz CT molecular complexity index is 552. The van der Waals surface area contributed by atoms with Gasteiger partial charge in [0.2, 0.25) is 0 Å². The highest BCUT2D eigenvalue weighted by Gasteiger charge is 2.11. The van der Waals surface area contributed by atoms with Gasteiger partial charge >= 0.3 is 0 Å². The van der Waals surface area contributed by atoms with Crippen LogP contribution in [0, 0.1) is 17.5 Å². The molecular formula is C13H10F3N. The number of benzene rings is 2. The average molecular weight is 237 g/mol. The van der Waals surface area contributed by atoms with Crippen LogP contribution in [0.3, 0.4) is 0 Å². The van der Waals surface area contributed by atoms with Gasteiger partial charge in [0.15, 0.2) is 11.6 Å². The van der Waals surface area contributed by atoms with E-state index in [0.717, 1.165) is 11.6 Å². The Balaban J connectivity index is 2.56. The first-order valence-electron chi connectivity index (χ1n) is 5.05. The number of hydrogen-bond acceptors (Lipinski definition) is 1. The van der Waals surface area contributed by atoms with Gasteiger partial charge in [0.05, 0.1) is 0 Å². The molecule has 2 aromatic carbocycles. The van der Waals surface area contributed by atoms with E-state index in [-0.39, 0.29) is 5.56 Å². The quantitative estimate of drug-likeness (QED) is 0.797. The van der Waals surface area contributed by atoms with Crippen molar-refractivity contribution < 1.29 is 13.2 Å². The molecule has 0 heterocycles. The van der Waals surface area contributed by atoms with Crippen LogP contribution in [0.25, 0.3) is 11.1 Å². The maximum absolute atomic E-state index is 13.5. The summed E-state index contributed by atoms with van der Waals surface area (Å²) in [6, 6.07) is 8.13. The summed E-state index contributed by atoms with van der Waals surface area (Å²) < 4.78 is 39.4. The zero-order chi connectivity index (χ0) is 12.4. The molecule has 0 aliphatic rings. The van der Waals surface area contributed by atoms with E-state index in [0.29, 0.717) is 18.2 Å². The summed E-state index contributed by atoms with van der Waals surface area (Å²) in [4.78, 5) is 0. The summed E-state index contributed by atoms with van der Waals surface area (Å²) in [5.74, 6) is -3.06. The van der Waals surface area contributed by atoms with Crippen LogP contribution in [0.15, 0.2) is 36.4 Å². The molecule has 0 saturated heterocycles. The molecule has 0 bridgehead atoms. The largest absolute Gasteiger partial charge is 0.326 e. The molecule has 0 fully saturated rings. The van der Waals surface area contributed by atoms with E-state index in [2.05, 4.69) is 0 Å². The van der Waals surface area contributed by atoms with Gasteiger partial charge < -0.3 is 5.73 Å². The number of nitrogens with two attached hydrogens (primary N) is 1. The third kappa shape index (κ3) is 2.31. The van der Waals surface area contributed by atoms with E-state index >= 15 is 0 Å². The van der Waals surface area contributed by atoms with Crippen LogP contribution in [-0.4, -0.2) is 0 Å². The topological polar surface area (TPSA) is 26.0 Å². The summed E-state index contributed by atoms with van der Waals surface area (Å²) in [5.41, 5.74) is 6.76. The molecule has 2 rings (SSSR count). The van der Waals surface area contributed by atoms with Crippen molar-refractivity contribution in [2.75, 3.05) is 0 Å². The van der Waals surface area contributed by atoms with Crippen molar-refractivity contribution in [3.05, 3.63) is 59.4 Å². The summed E-state index contributed by atoms with van der Waals surface area (Å²) in [5, 5.41) is 0. The predicted molar refractivity (Wildman–Crippen MR) is 59.6 cm³/mol. The van der Waals surface area contributed by atoms with E-state index in [9.17, 15) is 13.2 Å². The molecule has 0 saturated carbocycles. The van der Waals surface area contributed by atoms with Crippen LogP contribution in [0.1, 0.15) is 5.56 Å². The normalized spacial score (nSPS) is 10.6. The van der Waals surface area contributed by atoms with Gasteiger partial charge in [0, 0.05) is 18.2 Å². The third-order valence-electron chi connectivity index (χ3n) is 2.48. The molecule has 1 nitrogen and oxygen atoms in total. The highest BCUT2D eigenvalue weighted by Crippen LogP contribution is 2.25. The van der Waals surface area contributed by atoms with Gasteiger partial charge in [0.25, 0.3) is 0 Å². The second-order valence-corrected chi connectivity index (χ2v) is 3.65. The fraction of sp³-hybridized carbons (Fsp3) is 0.0769. The van der Waals surface area contributed by atoms with Gasteiger partial charge in [-0.15, -0.1) is 0 Å². The summed E-state index contributed by atoms with van der Waals surface area (Å²) in [6.07, 6.45) is 0. The molecule has 0 aliphatic carbocycles. The van der Waals surface area contributed by atoms with Crippen LogP contribution in [-0.2, 0) is 6.54 Å². The molecule has 0 radical (unpaired) electrons. The zero-order valence-electron chi connectivity index (χ0n) is 8.88. The SMILES string of the molecule is NCc1cccc(-c2cc(F)c(F)cc2F)c1. The van der Waals surface area contributed by atoms with Crippen LogP contribution < -0.4 is 5.73 Å². The molecular weight excluding hydrogens is 227 g/mol. The average Bonchev–Trinajstić information content (AvgIpc) is 2.34. The lowest BCUT2D eigenvalue weighted by molar-refractivity contribution is 0.496. The molecule has 0 aromatic heterocycles.